The average molecular weight is 312 g/mol. The largest absolute Gasteiger partial charge is 0.491 e. The van der Waals surface area contributed by atoms with Crippen molar-refractivity contribution in [3.63, 3.8) is 0 Å². The van der Waals surface area contributed by atoms with Crippen LogP contribution in [0.3, 0.4) is 0 Å². The van der Waals surface area contributed by atoms with Crippen molar-refractivity contribution in [1.82, 2.24) is 5.32 Å². The number of anilines is 1. The fourth-order valence-electron chi connectivity index (χ4n) is 2.44. The number of nitrogen functional groups attached to an aromatic ring is 1. The van der Waals surface area contributed by atoms with Crippen molar-refractivity contribution in [3.8, 4) is 5.75 Å². The molecule has 7 heteroatoms. The summed E-state index contributed by atoms with van der Waals surface area (Å²) >= 11 is 0. The number of benzene rings is 1. The monoisotopic (exact) mass is 312 g/mol. The lowest BCUT2D eigenvalue weighted by Crippen LogP contribution is -2.43. The van der Waals surface area contributed by atoms with Crippen molar-refractivity contribution in [1.29, 1.82) is 0 Å². The zero-order valence-corrected chi connectivity index (χ0v) is 12.8. The number of carbonyl (C=O) groups is 1. The molecule has 0 spiro atoms. The lowest BCUT2D eigenvalue weighted by molar-refractivity contribution is 0.0934. The third kappa shape index (κ3) is 3.87. The highest BCUT2D eigenvalue weighted by molar-refractivity contribution is 7.91. The standard InChI is InChI=1S/C14H20N2O4S/c1-2-20-13-11(6-3-7-12(13)15)14(17)16-10-5-4-8-21(18,19)9-10/h3,6-7,10H,2,4-5,8-9,15H2,1H3,(H,16,17). The van der Waals surface area contributed by atoms with E-state index < -0.39 is 9.84 Å². The van der Waals surface area contributed by atoms with Gasteiger partial charge in [-0.15, -0.1) is 0 Å². The van der Waals surface area contributed by atoms with E-state index in [2.05, 4.69) is 5.32 Å². The Hall–Kier alpha value is -1.76. The Morgan fingerprint density at radius 1 is 1.48 bits per heavy atom. The molecule has 0 aromatic heterocycles. The Bertz CT molecular complexity index is 628. The summed E-state index contributed by atoms with van der Waals surface area (Å²) in [6.45, 7) is 2.20. The van der Waals surface area contributed by atoms with E-state index in [1.54, 1.807) is 18.2 Å². The number of ether oxygens (including phenoxy) is 1. The highest BCUT2D eigenvalue weighted by atomic mass is 32.2. The molecule has 1 fully saturated rings. The second-order valence-corrected chi connectivity index (χ2v) is 7.31. The summed E-state index contributed by atoms with van der Waals surface area (Å²) in [4.78, 5) is 12.3. The zero-order valence-electron chi connectivity index (χ0n) is 12.0. The number of nitrogens with two attached hydrogens (primary N) is 1. The summed E-state index contributed by atoms with van der Waals surface area (Å²) in [6, 6.07) is 4.60. The van der Waals surface area contributed by atoms with Crippen molar-refractivity contribution in [3.05, 3.63) is 23.8 Å². The molecule has 1 aromatic rings. The van der Waals surface area contributed by atoms with Gasteiger partial charge in [-0.05, 0) is 31.9 Å². The molecule has 1 aliphatic rings. The third-order valence-corrected chi connectivity index (χ3v) is 5.20. The zero-order chi connectivity index (χ0) is 15.5. The van der Waals surface area contributed by atoms with Gasteiger partial charge in [-0.3, -0.25) is 4.79 Å². The summed E-state index contributed by atoms with van der Waals surface area (Å²) in [7, 11) is -3.06. The molecule has 0 radical (unpaired) electrons. The minimum Gasteiger partial charge on any atom is -0.491 e. The molecule has 2 rings (SSSR count). The van der Waals surface area contributed by atoms with E-state index in [4.69, 9.17) is 10.5 Å². The summed E-state index contributed by atoms with van der Waals surface area (Å²) in [5, 5.41) is 2.76. The minimum atomic E-state index is -3.06. The quantitative estimate of drug-likeness (QED) is 0.807. The Balaban J connectivity index is 2.15. The third-order valence-electron chi connectivity index (χ3n) is 3.38. The predicted molar refractivity (Wildman–Crippen MR) is 81.2 cm³/mol. The SMILES string of the molecule is CCOc1c(N)cccc1C(=O)NC1CCCS(=O)(=O)C1. The van der Waals surface area contributed by atoms with Crippen LogP contribution in [0.5, 0.6) is 5.75 Å². The van der Waals surface area contributed by atoms with Crippen LogP contribution in [0.4, 0.5) is 5.69 Å². The maximum absolute atomic E-state index is 12.3. The molecule has 1 saturated heterocycles. The first-order chi connectivity index (χ1) is 9.93. The molecular weight excluding hydrogens is 292 g/mol. The van der Waals surface area contributed by atoms with Crippen molar-refractivity contribution in [2.24, 2.45) is 0 Å². The summed E-state index contributed by atoms with van der Waals surface area (Å²) in [5.74, 6) is 0.177. The molecule has 1 aromatic carbocycles. The minimum absolute atomic E-state index is 0.00890. The van der Waals surface area contributed by atoms with Gasteiger partial charge in [-0.1, -0.05) is 6.07 Å². The van der Waals surface area contributed by atoms with Crippen LogP contribution in [0.25, 0.3) is 0 Å². The lowest BCUT2D eigenvalue weighted by Gasteiger charge is -2.23. The molecule has 6 nitrogen and oxygen atoms in total. The molecule has 21 heavy (non-hydrogen) atoms. The molecule has 1 amide bonds. The number of para-hydroxylation sites is 1. The van der Waals surface area contributed by atoms with Gasteiger partial charge in [0.05, 0.1) is 29.4 Å². The van der Waals surface area contributed by atoms with Crippen LogP contribution in [-0.2, 0) is 9.84 Å². The lowest BCUT2D eigenvalue weighted by atomic mass is 10.1. The molecular formula is C14H20N2O4S. The van der Waals surface area contributed by atoms with Crippen LogP contribution in [0.2, 0.25) is 0 Å². The van der Waals surface area contributed by atoms with Crippen LogP contribution < -0.4 is 15.8 Å². The molecule has 0 saturated carbocycles. The molecule has 116 valence electrons. The molecule has 1 unspecified atom stereocenters. The van der Waals surface area contributed by atoms with Gasteiger partial charge in [-0.25, -0.2) is 8.42 Å². The number of hydrogen-bond donors (Lipinski definition) is 2. The Morgan fingerprint density at radius 3 is 2.90 bits per heavy atom. The number of rotatable bonds is 4. The van der Waals surface area contributed by atoms with Crippen LogP contribution in [0.1, 0.15) is 30.1 Å². The van der Waals surface area contributed by atoms with Crippen molar-refractivity contribution >= 4 is 21.4 Å². The number of carbonyl (C=O) groups excluding carboxylic acids is 1. The van der Waals surface area contributed by atoms with Gasteiger partial charge in [0.2, 0.25) is 0 Å². The second kappa shape index (κ2) is 6.34. The Morgan fingerprint density at radius 2 is 2.24 bits per heavy atom. The maximum atomic E-state index is 12.3. The van der Waals surface area contributed by atoms with Gasteiger partial charge in [0, 0.05) is 6.04 Å². The average Bonchev–Trinajstić information content (AvgIpc) is 2.40. The van der Waals surface area contributed by atoms with E-state index in [-0.39, 0.29) is 23.5 Å². The van der Waals surface area contributed by atoms with Crippen LogP contribution >= 0.6 is 0 Å². The first kappa shape index (κ1) is 15.6. The maximum Gasteiger partial charge on any atom is 0.255 e. The van der Waals surface area contributed by atoms with E-state index in [1.165, 1.54) is 0 Å². The van der Waals surface area contributed by atoms with Crippen LogP contribution in [-0.4, -0.2) is 38.5 Å². The van der Waals surface area contributed by atoms with Crippen molar-refractivity contribution < 1.29 is 17.9 Å². The highest BCUT2D eigenvalue weighted by Crippen LogP contribution is 2.26. The van der Waals surface area contributed by atoms with Gasteiger partial charge in [0.15, 0.2) is 15.6 Å². The topological polar surface area (TPSA) is 98.5 Å². The second-order valence-electron chi connectivity index (χ2n) is 5.08. The van der Waals surface area contributed by atoms with Gasteiger partial charge >= 0.3 is 0 Å². The van der Waals surface area contributed by atoms with Gasteiger partial charge in [-0.2, -0.15) is 0 Å². The van der Waals surface area contributed by atoms with Crippen molar-refractivity contribution in [2.45, 2.75) is 25.8 Å². The van der Waals surface area contributed by atoms with E-state index in [9.17, 15) is 13.2 Å². The van der Waals surface area contributed by atoms with E-state index in [1.807, 2.05) is 6.92 Å². The first-order valence-electron chi connectivity index (χ1n) is 6.95. The Kier molecular flexibility index (Phi) is 4.72. The van der Waals surface area contributed by atoms with E-state index >= 15 is 0 Å². The van der Waals surface area contributed by atoms with Crippen LogP contribution in [0.15, 0.2) is 18.2 Å². The smallest absolute Gasteiger partial charge is 0.255 e. The normalized spacial score (nSPS) is 20.7. The van der Waals surface area contributed by atoms with Gasteiger partial charge in [0.1, 0.15) is 0 Å². The number of hydrogen-bond acceptors (Lipinski definition) is 5. The fraction of sp³-hybridized carbons (Fsp3) is 0.500. The van der Waals surface area contributed by atoms with Crippen LogP contribution in [0, 0.1) is 0 Å². The summed E-state index contributed by atoms with van der Waals surface area (Å²) < 4.78 is 28.6. The first-order valence-corrected chi connectivity index (χ1v) is 8.77. The highest BCUT2D eigenvalue weighted by Gasteiger charge is 2.27. The number of sulfone groups is 1. The summed E-state index contributed by atoms with van der Waals surface area (Å²) in [5.41, 5.74) is 6.54. The van der Waals surface area contributed by atoms with E-state index in [0.29, 0.717) is 36.4 Å². The predicted octanol–water partition coefficient (Wildman–Crippen LogP) is 0.975. The molecule has 1 aliphatic heterocycles. The van der Waals surface area contributed by atoms with Gasteiger partial charge in [0.25, 0.3) is 5.91 Å². The summed E-state index contributed by atoms with van der Waals surface area (Å²) in [6.07, 6.45) is 1.24. The molecule has 0 aliphatic carbocycles. The van der Waals surface area contributed by atoms with E-state index in [0.717, 1.165) is 0 Å². The van der Waals surface area contributed by atoms with Crippen molar-refractivity contribution in [2.75, 3.05) is 23.8 Å². The molecule has 1 heterocycles. The number of amides is 1. The fourth-order valence-corrected chi connectivity index (χ4v) is 4.08. The van der Waals surface area contributed by atoms with Gasteiger partial charge < -0.3 is 15.8 Å². The molecule has 0 bridgehead atoms. The molecule has 1 atom stereocenters. The Labute approximate surface area is 124 Å². The number of nitrogens with one attached hydrogen (secondary N) is 1. The molecule has 3 N–H and O–H groups in total.